The second kappa shape index (κ2) is 4.26. The van der Waals surface area contributed by atoms with E-state index in [-0.39, 0.29) is 0 Å². The van der Waals surface area contributed by atoms with E-state index in [1.807, 2.05) is 0 Å². The van der Waals surface area contributed by atoms with Gasteiger partial charge in [-0.2, -0.15) is 13.2 Å². The van der Waals surface area contributed by atoms with Crippen LogP contribution in [0.2, 0.25) is 0 Å². The van der Waals surface area contributed by atoms with E-state index in [4.69, 9.17) is 4.52 Å². The van der Waals surface area contributed by atoms with Gasteiger partial charge in [-0.3, -0.25) is 4.57 Å². The maximum absolute atomic E-state index is 13.1. The van der Waals surface area contributed by atoms with Crippen LogP contribution in [0.4, 0.5) is 13.2 Å². The molecule has 0 aliphatic carbocycles. The minimum absolute atomic E-state index is 0.469. The topological polar surface area (TPSA) is 53.1 Å². The highest BCUT2D eigenvalue weighted by Gasteiger charge is 2.42. The number of para-hydroxylation sites is 2. The first-order valence-electron chi connectivity index (χ1n) is 5.55. The van der Waals surface area contributed by atoms with Gasteiger partial charge in [0.2, 0.25) is 0 Å². The fraction of sp³-hybridized carbons (Fsp3) is 0.167. The van der Waals surface area contributed by atoms with E-state index in [0.717, 1.165) is 7.11 Å². The molecule has 1 aromatic carbocycles. The molecule has 104 valence electrons. The first-order valence-corrected chi connectivity index (χ1v) is 5.55. The lowest BCUT2D eigenvalue weighted by Gasteiger charge is -2.07. The van der Waals surface area contributed by atoms with Crippen molar-refractivity contribution in [2.24, 2.45) is 0 Å². The van der Waals surface area contributed by atoms with Crippen LogP contribution in [-0.4, -0.2) is 21.8 Å². The summed E-state index contributed by atoms with van der Waals surface area (Å²) < 4.78 is 49.9. The van der Waals surface area contributed by atoms with Gasteiger partial charge in [-0.25, -0.2) is 4.98 Å². The van der Waals surface area contributed by atoms with Crippen molar-refractivity contribution in [2.45, 2.75) is 6.18 Å². The van der Waals surface area contributed by atoms with Crippen LogP contribution in [-0.2, 0) is 6.18 Å². The number of methoxy groups -OCH3 is 1. The first kappa shape index (κ1) is 12.5. The quantitative estimate of drug-likeness (QED) is 0.725. The number of nitrogens with zero attached hydrogens (tertiary/aromatic N) is 3. The number of fused-ring (bicyclic) bond motifs is 1. The number of imidazole rings is 1. The summed E-state index contributed by atoms with van der Waals surface area (Å²) in [5.41, 5.74) is -0.0315. The van der Waals surface area contributed by atoms with Gasteiger partial charge in [-0.05, 0) is 17.3 Å². The van der Waals surface area contributed by atoms with Crippen molar-refractivity contribution in [3.05, 3.63) is 36.2 Å². The lowest BCUT2D eigenvalue weighted by molar-refractivity contribution is -0.138. The molecule has 5 nitrogen and oxygen atoms in total. The molecule has 0 saturated carbocycles. The predicted octanol–water partition coefficient (Wildman–Crippen LogP) is 3.04. The molecular formula is C12H8F3N3O2. The van der Waals surface area contributed by atoms with Gasteiger partial charge in [0.1, 0.15) is 6.33 Å². The Balaban J connectivity index is 2.27. The molecule has 0 spiro atoms. The number of ether oxygens (including phenoxy) is 1. The molecule has 0 amide bonds. The van der Waals surface area contributed by atoms with Crippen LogP contribution in [0, 0.1) is 0 Å². The molecule has 2 aromatic heterocycles. The van der Waals surface area contributed by atoms with Crippen molar-refractivity contribution in [3.8, 4) is 11.8 Å². The molecule has 0 unspecified atom stereocenters. The summed E-state index contributed by atoms with van der Waals surface area (Å²) in [5, 5.41) is 3.30. The molecule has 2 heterocycles. The van der Waals surface area contributed by atoms with Crippen LogP contribution >= 0.6 is 0 Å². The van der Waals surface area contributed by atoms with Crippen molar-refractivity contribution in [3.63, 3.8) is 0 Å². The van der Waals surface area contributed by atoms with Crippen LogP contribution in [0.1, 0.15) is 5.56 Å². The van der Waals surface area contributed by atoms with E-state index < -0.39 is 23.5 Å². The third-order valence-electron chi connectivity index (χ3n) is 2.79. The zero-order chi connectivity index (χ0) is 14.3. The first-order chi connectivity index (χ1) is 9.52. The van der Waals surface area contributed by atoms with Gasteiger partial charge >= 0.3 is 6.18 Å². The lowest BCUT2D eigenvalue weighted by atomic mass is 10.3. The summed E-state index contributed by atoms with van der Waals surface area (Å²) in [6.45, 7) is 0. The number of hydrogen-bond donors (Lipinski definition) is 0. The molecule has 3 rings (SSSR count). The monoisotopic (exact) mass is 283 g/mol. The highest BCUT2D eigenvalue weighted by molar-refractivity contribution is 5.77. The van der Waals surface area contributed by atoms with Crippen molar-refractivity contribution in [1.82, 2.24) is 14.7 Å². The smallest absolute Gasteiger partial charge is 0.427 e. The van der Waals surface area contributed by atoms with Crippen molar-refractivity contribution < 1.29 is 22.4 Å². The van der Waals surface area contributed by atoms with Crippen LogP contribution in [0.15, 0.2) is 35.1 Å². The van der Waals surface area contributed by atoms with Crippen LogP contribution in [0.3, 0.4) is 0 Å². The van der Waals surface area contributed by atoms with Gasteiger partial charge < -0.3 is 9.26 Å². The van der Waals surface area contributed by atoms with Gasteiger partial charge in [0.05, 0.1) is 18.1 Å². The van der Waals surface area contributed by atoms with E-state index in [1.54, 1.807) is 24.3 Å². The minimum atomic E-state index is -4.65. The Morgan fingerprint density at radius 3 is 2.70 bits per heavy atom. The number of rotatable bonds is 2. The Morgan fingerprint density at radius 1 is 1.25 bits per heavy atom. The van der Waals surface area contributed by atoms with E-state index in [9.17, 15) is 13.2 Å². The molecule has 0 N–H and O–H groups in total. The average molecular weight is 283 g/mol. The van der Waals surface area contributed by atoms with Gasteiger partial charge in [0.15, 0.2) is 5.56 Å². The van der Waals surface area contributed by atoms with E-state index >= 15 is 0 Å². The molecule has 3 aromatic rings. The lowest BCUT2D eigenvalue weighted by Crippen LogP contribution is -2.09. The zero-order valence-corrected chi connectivity index (χ0v) is 10.2. The van der Waals surface area contributed by atoms with Crippen LogP contribution in [0.25, 0.3) is 16.9 Å². The Kier molecular flexibility index (Phi) is 2.66. The van der Waals surface area contributed by atoms with E-state index in [0.29, 0.717) is 11.0 Å². The van der Waals surface area contributed by atoms with E-state index in [2.05, 4.69) is 14.9 Å². The Hall–Kier alpha value is -2.51. The van der Waals surface area contributed by atoms with Gasteiger partial charge in [-0.15, -0.1) is 0 Å². The SMILES string of the molecule is COc1noc(-n2cnc3ccccc32)c1C(F)(F)F. The average Bonchev–Trinajstić information content (AvgIpc) is 3.01. The predicted molar refractivity (Wildman–Crippen MR) is 62.7 cm³/mol. The number of hydrogen-bond acceptors (Lipinski definition) is 4. The normalized spacial score (nSPS) is 12.0. The number of aromatic nitrogens is 3. The van der Waals surface area contributed by atoms with Gasteiger partial charge in [0.25, 0.3) is 11.8 Å². The number of halogens is 3. The Bertz CT molecular complexity index is 761. The number of benzene rings is 1. The fourth-order valence-corrected chi connectivity index (χ4v) is 1.93. The van der Waals surface area contributed by atoms with Crippen molar-refractivity contribution >= 4 is 11.0 Å². The second-order valence-corrected chi connectivity index (χ2v) is 3.97. The molecule has 20 heavy (non-hydrogen) atoms. The fourth-order valence-electron chi connectivity index (χ4n) is 1.93. The summed E-state index contributed by atoms with van der Waals surface area (Å²) >= 11 is 0. The third-order valence-corrected chi connectivity index (χ3v) is 2.79. The third kappa shape index (κ3) is 1.80. The summed E-state index contributed by atoms with van der Waals surface area (Å²) in [6.07, 6.45) is -3.40. The maximum Gasteiger partial charge on any atom is 0.427 e. The summed E-state index contributed by atoms with van der Waals surface area (Å²) in [6, 6.07) is 6.76. The largest absolute Gasteiger partial charge is 0.478 e. The highest BCUT2D eigenvalue weighted by Crippen LogP contribution is 2.40. The maximum atomic E-state index is 13.1. The molecule has 0 fully saturated rings. The Morgan fingerprint density at radius 2 is 2.00 bits per heavy atom. The summed E-state index contributed by atoms with van der Waals surface area (Å²) in [7, 11) is 1.10. The summed E-state index contributed by atoms with van der Waals surface area (Å²) in [4.78, 5) is 4.02. The minimum Gasteiger partial charge on any atom is -0.478 e. The zero-order valence-electron chi connectivity index (χ0n) is 10.2. The van der Waals surface area contributed by atoms with Crippen molar-refractivity contribution in [1.29, 1.82) is 0 Å². The second-order valence-electron chi connectivity index (χ2n) is 3.97. The standard InChI is InChI=1S/C12H8F3N3O2/c1-19-10-9(12(13,14)15)11(20-17-10)18-6-16-7-4-2-3-5-8(7)18/h2-6H,1H3. The number of alkyl halides is 3. The molecule has 8 heteroatoms. The molecule has 0 saturated heterocycles. The summed E-state index contributed by atoms with van der Waals surface area (Å²) in [5.74, 6) is -1.08. The van der Waals surface area contributed by atoms with Gasteiger partial charge in [-0.1, -0.05) is 12.1 Å². The molecular weight excluding hydrogens is 275 g/mol. The molecule has 0 bridgehead atoms. The van der Waals surface area contributed by atoms with E-state index in [1.165, 1.54) is 10.9 Å². The molecule has 0 aliphatic heterocycles. The Labute approximate surface area is 110 Å². The van der Waals surface area contributed by atoms with Crippen molar-refractivity contribution in [2.75, 3.05) is 7.11 Å². The molecule has 0 aliphatic rings. The van der Waals surface area contributed by atoms with Crippen LogP contribution < -0.4 is 4.74 Å². The highest BCUT2D eigenvalue weighted by atomic mass is 19.4. The van der Waals surface area contributed by atoms with Gasteiger partial charge in [0, 0.05) is 0 Å². The molecule has 0 radical (unpaired) electrons. The van der Waals surface area contributed by atoms with Crippen LogP contribution in [0.5, 0.6) is 5.88 Å². The molecule has 0 atom stereocenters.